The van der Waals surface area contributed by atoms with Crippen LogP contribution in [-0.2, 0) is 4.79 Å². The summed E-state index contributed by atoms with van der Waals surface area (Å²) in [6.45, 7) is 7.11. The van der Waals surface area contributed by atoms with Gasteiger partial charge in [-0.15, -0.1) is 0 Å². The Morgan fingerprint density at radius 3 is 2.80 bits per heavy atom. The Bertz CT molecular complexity index is 470. The second kappa shape index (κ2) is 6.40. The summed E-state index contributed by atoms with van der Waals surface area (Å²) < 4.78 is 0. The lowest BCUT2D eigenvalue weighted by atomic mass is 9.93. The number of nitrogens with two attached hydrogens (primary N) is 1. The molecule has 1 aliphatic rings. The van der Waals surface area contributed by atoms with Crippen LogP contribution in [0.5, 0.6) is 0 Å². The molecule has 2 rings (SSSR count). The number of hydrogen-bond donors (Lipinski definition) is 1. The van der Waals surface area contributed by atoms with Crippen molar-refractivity contribution < 1.29 is 4.79 Å². The highest BCUT2D eigenvalue weighted by Crippen LogP contribution is 2.33. The molecule has 1 aromatic carbocycles. The molecule has 110 valence electrons. The summed E-state index contributed by atoms with van der Waals surface area (Å²) in [6.07, 6.45) is 2.41. The predicted molar refractivity (Wildman–Crippen MR) is 82.6 cm³/mol. The van der Waals surface area contributed by atoms with Crippen LogP contribution in [0, 0.1) is 6.92 Å². The number of amides is 1. The van der Waals surface area contributed by atoms with E-state index in [0.717, 1.165) is 19.4 Å². The first kappa shape index (κ1) is 15.0. The SMILES string of the molecule is Cc1ccccc1C1CC(C)N(C(=O)CCC(C)N)C1. The third-order valence-electron chi connectivity index (χ3n) is 4.34. The smallest absolute Gasteiger partial charge is 0.222 e. The summed E-state index contributed by atoms with van der Waals surface area (Å²) in [5.41, 5.74) is 8.46. The van der Waals surface area contributed by atoms with Crippen molar-refractivity contribution in [3.63, 3.8) is 0 Å². The van der Waals surface area contributed by atoms with Crippen LogP contribution in [0.2, 0.25) is 0 Å². The van der Waals surface area contributed by atoms with Crippen LogP contribution in [-0.4, -0.2) is 29.4 Å². The quantitative estimate of drug-likeness (QED) is 0.917. The average molecular weight is 274 g/mol. The van der Waals surface area contributed by atoms with Gasteiger partial charge in [0.2, 0.25) is 5.91 Å². The zero-order valence-electron chi connectivity index (χ0n) is 12.8. The van der Waals surface area contributed by atoms with Crippen LogP contribution < -0.4 is 5.73 Å². The number of benzene rings is 1. The van der Waals surface area contributed by atoms with Gasteiger partial charge in [0.15, 0.2) is 0 Å². The Kier molecular flexibility index (Phi) is 4.81. The molecule has 1 saturated heterocycles. The van der Waals surface area contributed by atoms with E-state index in [1.165, 1.54) is 11.1 Å². The lowest BCUT2D eigenvalue weighted by molar-refractivity contribution is -0.131. The van der Waals surface area contributed by atoms with Gasteiger partial charge in [0.25, 0.3) is 0 Å². The fraction of sp³-hybridized carbons (Fsp3) is 0.588. The topological polar surface area (TPSA) is 46.3 Å². The van der Waals surface area contributed by atoms with Gasteiger partial charge in [0.05, 0.1) is 0 Å². The van der Waals surface area contributed by atoms with E-state index in [0.29, 0.717) is 18.4 Å². The first-order valence-corrected chi connectivity index (χ1v) is 7.59. The zero-order chi connectivity index (χ0) is 14.7. The van der Waals surface area contributed by atoms with E-state index in [4.69, 9.17) is 5.73 Å². The molecular weight excluding hydrogens is 248 g/mol. The third kappa shape index (κ3) is 3.40. The van der Waals surface area contributed by atoms with Crippen molar-refractivity contribution in [2.24, 2.45) is 5.73 Å². The van der Waals surface area contributed by atoms with E-state index < -0.39 is 0 Å². The molecule has 20 heavy (non-hydrogen) atoms. The maximum absolute atomic E-state index is 12.3. The minimum atomic E-state index is 0.101. The number of rotatable bonds is 4. The monoisotopic (exact) mass is 274 g/mol. The van der Waals surface area contributed by atoms with Crippen LogP contribution in [0.3, 0.4) is 0 Å². The number of aryl methyl sites for hydroxylation is 1. The Morgan fingerprint density at radius 2 is 2.15 bits per heavy atom. The fourth-order valence-corrected chi connectivity index (χ4v) is 3.14. The van der Waals surface area contributed by atoms with Crippen LogP contribution in [0.1, 0.15) is 50.2 Å². The van der Waals surface area contributed by atoms with Gasteiger partial charge in [-0.3, -0.25) is 4.79 Å². The lowest BCUT2D eigenvalue weighted by Gasteiger charge is -2.22. The summed E-state index contributed by atoms with van der Waals surface area (Å²) in [7, 11) is 0. The number of nitrogens with zero attached hydrogens (tertiary/aromatic N) is 1. The summed E-state index contributed by atoms with van der Waals surface area (Å²) in [4.78, 5) is 14.3. The largest absolute Gasteiger partial charge is 0.339 e. The molecule has 0 spiro atoms. The molecule has 1 aliphatic heterocycles. The molecule has 3 nitrogen and oxygen atoms in total. The molecule has 3 unspecified atom stereocenters. The van der Waals surface area contributed by atoms with Crippen molar-refractivity contribution in [2.75, 3.05) is 6.54 Å². The molecule has 0 bridgehead atoms. The molecule has 1 amide bonds. The van der Waals surface area contributed by atoms with Crippen molar-refractivity contribution in [1.82, 2.24) is 4.90 Å². The maximum atomic E-state index is 12.3. The average Bonchev–Trinajstić information content (AvgIpc) is 2.78. The fourth-order valence-electron chi connectivity index (χ4n) is 3.14. The molecule has 0 aliphatic carbocycles. The normalized spacial score (nSPS) is 23.9. The summed E-state index contributed by atoms with van der Waals surface area (Å²) >= 11 is 0. The molecule has 2 N–H and O–H groups in total. The van der Waals surface area contributed by atoms with Crippen molar-refractivity contribution in [3.8, 4) is 0 Å². The summed E-state index contributed by atoms with van der Waals surface area (Å²) in [6, 6.07) is 8.95. The van der Waals surface area contributed by atoms with Crippen LogP contribution in [0.4, 0.5) is 0 Å². The molecule has 1 fully saturated rings. The Labute approximate surface area is 122 Å². The van der Waals surface area contributed by atoms with E-state index in [2.05, 4.69) is 38.1 Å². The van der Waals surface area contributed by atoms with E-state index >= 15 is 0 Å². The maximum Gasteiger partial charge on any atom is 0.222 e. The molecule has 0 aromatic heterocycles. The van der Waals surface area contributed by atoms with Crippen LogP contribution >= 0.6 is 0 Å². The number of likely N-dealkylation sites (tertiary alicyclic amines) is 1. The number of carbonyl (C=O) groups excluding carboxylic acids is 1. The number of hydrogen-bond acceptors (Lipinski definition) is 2. The van der Waals surface area contributed by atoms with Crippen LogP contribution in [0.15, 0.2) is 24.3 Å². The van der Waals surface area contributed by atoms with Crippen molar-refractivity contribution in [2.45, 2.75) is 58.0 Å². The van der Waals surface area contributed by atoms with Gasteiger partial charge in [-0.1, -0.05) is 24.3 Å². The highest BCUT2D eigenvalue weighted by molar-refractivity contribution is 5.77. The zero-order valence-corrected chi connectivity index (χ0v) is 12.8. The summed E-state index contributed by atoms with van der Waals surface area (Å²) in [5, 5.41) is 0. The third-order valence-corrected chi connectivity index (χ3v) is 4.34. The minimum absolute atomic E-state index is 0.101. The molecular formula is C17H26N2O. The standard InChI is InChI=1S/C17H26N2O/c1-12-6-4-5-7-16(12)15-10-14(3)19(11-15)17(20)9-8-13(2)18/h4-7,13-15H,8-11,18H2,1-3H3. The van der Waals surface area contributed by atoms with E-state index in [1.54, 1.807) is 0 Å². The Morgan fingerprint density at radius 1 is 1.45 bits per heavy atom. The van der Waals surface area contributed by atoms with E-state index in [1.807, 2.05) is 11.8 Å². The highest BCUT2D eigenvalue weighted by Gasteiger charge is 2.33. The van der Waals surface area contributed by atoms with Gasteiger partial charge in [0.1, 0.15) is 0 Å². The first-order chi connectivity index (χ1) is 9.49. The summed E-state index contributed by atoms with van der Waals surface area (Å²) in [5.74, 6) is 0.733. The number of carbonyl (C=O) groups is 1. The van der Waals surface area contributed by atoms with Gasteiger partial charge in [0, 0.05) is 31.0 Å². The van der Waals surface area contributed by atoms with Crippen molar-refractivity contribution in [3.05, 3.63) is 35.4 Å². The second-order valence-corrected chi connectivity index (χ2v) is 6.20. The molecule has 3 heteroatoms. The van der Waals surface area contributed by atoms with Gasteiger partial charge < -0.3 is 10.6 Å². The molecule has 1 heterocycles. The molecule has 0 saturated carbocycles. The first-order valence-electron chi connectivity index (χ1n) is 7.59. The predicted octanol–water partition coefficient (Wildman–Crippen LogP) is 2.83. The van der Waals surface area contributed by atoms with Crippen molar-refractivity contribution >= 4 is 5.91 Å². The highest BCUT2D eigenvalue weighted by atomic mass is 16.2. The van der Waals surface area contributed by atoms with E-state index in [9.17, 15) is 4.79 Å². The molecule has 0 radical (unpaired) electrons. The van der Waals surface area contributed by atoms with Crippen LogP contribution in [0.25, 0.3) is 0 Å². The van der Waals surface area contributed by atoms with Crippen molar-refractivity contribution in [1.29, 1.82) is 0 Å². The molecule has 3 atom stereocenters. The molecule has 1 aromatic rings. The Hall–Kier alpha value is -1.35. The van der Waals surface area contributed by atoms with Gasteiger partial charge >= 0.3 is 0 Å². The minimum Gasteiger partial charge on any atom is -0.339 e. The van der Waals surface area contributed by atoms with Gasteiger partial charge in [-0.05, 0) is 44.7 Å². The Balaban J connectivity index is 2.02. The van der Waals surface area contributed by atoms with E-state index in [-0.39, 0.29) is 11.9 Å². The van der Waals surface area contributed by atoms with Gasteiger partial charge in [-0.25, -0.2) is 0 Å². The lowest BCUT2D eigenvalue weighted by Crippen LogP contribution is -2.34. The second-order valence-electron chi connectivity index (χ2n) is 6.20. The van der Waals surface area contributed by atoms with Gasteiger partial charge in [-0.2, -0.15) is 0 Å².